The molecule has 0 spiro atoms. The molecule has 0 aromatic rings. The molecule has 0 bridgehead atoms. The van der Waals surface area contributed by atoms with Gasteiger partial charge in [-0.05, 0) is 13.8 Å². The molecule has 20 heavy (non-hydrogen) atoms. The second-order valence-corrected chi connectivity index (χ2v) is 6.36. The summed E-state index contributed by atoms with van der Waals surface area (Å²) in [5.41, 5.74) is 0. The van der Waals surface area contributed by atoms with Gasteiger partial charge < -0.3 is 9.47 Å². The largest absolute Gasteiger partial charge is 0.534 e. The molecule has 1 fully saturated rings. The molecule has 9 heteroatoms. The van der Waals surface area contributed by atoms with Gasteiger partial charge in [-0.1, -0.05) is 21.0 Å². The van der Waals surface area contributed by atoms with Crippen molar-refractivity contribution in [2.24, 2.45) is 0 Å². The van der Waals surface area contributed by atoms with Crippen molar-refractivity contribution >= 4 is 39.9 Å². The van der Waals surface area contributed by atoms with Crippen LogP contribution in [-0.2, 0) is 28.7 Å². The summed E-state index contributed by atoms with van der Waals surface area (Å²) in [6.07, 6.45) is -1.20. The van der Waals surface area contributed by atoms with Gasteiger partial charge in [0.15, 0.2) is 0 Å². The Labute approximate surface area is 123 Å². The van der Waals surface area contributed by atoms with Crippen LogP contribution in [0.4, 0.5) is 4.79 Å². The average Bonchev–Trinajstić information content (AvgIpc) is 2.65. The van der Waals surface area contributed by atoms with E-state index < -0.39 is 28.3 Å². The SMILES string of the molecule is CC(C)(Br)C(=O)OCCOC(=O)ON1C(=O)CCC1=O. The van der Waals surface area contributed by atoms with Crippen LogP contribution in [-0.4, -0.2) is 46.5 Å². The van der Waals surface area contributed by atoms with E-state index in [0.717, 1.165) is 0 Å². The molecular formula is C11H14BrNO7. The van der Waals surface area contributed by atoms with Crippen LogP contribution in [0.2, 0.25) is 0 Å². The number of amides is 2. The van der Waals surface area contributed by atoms with E-state index in [1.807, 2.05) is 0 Å². The molecule has 0 aromatic heterocycles. The summed E-state index contributed by atoms with van der Waals surface area (Å²) >= 11 is 3.11. The van der Waals surface area contributed by atoms with Gasteiger partial charge in [0.05, 0.1) is 0 Å². The van der Waals surface area contributed by atoms with E-state index in [1.165, 1.54) is 0 Å². The van der Waals surface area contributed by atoms with Gasteiger partial charge in [0.1, 0.15) is 17.5 Å². The molecule has 0 N–H and O–H groups in total. The summed E-state index contributed by atoms with van der Waals surface area (Å²) in [5.74, 6) is -1.71. The molecule has 1 heterocycles. The zero-order valence-electron chi connectivity index (χ0n) is 11.0. The third-order valence-electron chi connectivity index (χ3n) is 2.19. The van der Waals surface area contributed by atoms with E-state index in [9.17, 15) is 19.2 Å². The third-order valence-corrected chi connectivity index (χ3v) is 2.52. The van der Waals surface area contributed by atoms with Crippen molar-refractivity contribution in [3.63, 3.8) is 0 Å². The first kappa shape index (κ1) is 16.4. The van der Waals surface area contributed by atoms with Crippen LogP contribution in [0.25, 0.3) is 0 Å². The second kappa shape index (κ2) is 6.69. The Balaban J connectivity index is 2.23. The summed E-state index contributed by atoms with van der Waals surface area (Å²) < 4.78 is 8.54. The van der Waals surface area contributed by atoms with Gasteiger partial charge in [0.2, 0.25) is 0 Å². The highest BCUT2D eigenvalue weighted by Crippen LogP contribution is 2.17. The summed E-state index contributed by atoms with van der Waals surface area (Å²) in [4.78, 5) is 49.3. The lowest BCUT2D eigenvalue weighted by Crippen LogP contribution is -2.33. The van der Waals surface area contributed by atoms with Crippen molar-refractivity contribution in [2.45, 2.75) is 31.0 Å². The Morgan fingerprint density at radius 1 is 1.15 bits per heavy atom. The number of hydrogen-bond donors (Lipinski definition) is 0. The Bertz CT molecular complexity index is 413. The molecule has 0 aromatic carbocycles. The number of carbonyl (C=O) groups excluding carboxylic acids is 4. The monoisotopic (exact) mass is 351 g/mol. The quantitative estimate of drug-likeness (QED) is 0.314. The lowest BCUT2D eigenvalue weighted by Gasteiger charge is -2.15. The molecule has 0 aliphatic carbocycles. The molecule has 2 amide bonds. The standard InChI is InChI=1S/C11H14BrNO7/c1-11(2,12)9(16)18-5-6-19-10(17)20-13-7(14)3-4-8(13)15/h3-6H2,1-2H3. The van der Waals surface area contributed by atoms with Crippen molar-refractivity contribution in [1.29, 1.82) is 0 Å². The van der Waals surface area contributed by atoms with Gasteiger partial charge >= 0.3 is 12.1 Å². The number of alkyl halides is 1. The van der Waals surface area contributed by atoms with E-state index in [0.29, 0.717) is 5.06 Å². The van der Waals surface area contributed by atoms with Crippen LogP contribution in [0, 0.1) is 0 Å². The number of hydrogen-bond acceptors (Lipinski definition) is 7. The van der Waals surface area contributed by atoms with Crippen LogP contribution in [0.15, 0.2) is 0 Å². The number of imide groups is 1. The molecule has 0 radical (unpaired) electrons. The minimum absolute atomic E-state index is 0.00403. The van der Waals surface area contributed by atoms with Crippen molar-refractivity contribution in [1.82, 2.24) is 5.06 Å². The number of ether oxygens (including phenoxy) is 2. The van der Waals surface area contributed by atoms with Crippen molar-refractivity contribution in [3.8, 4) is 0 Å². The lowest BCUT2D eigenvalue weighted by molar-refractivity contribution is -0.177. The number of esters is 1. The smallest absolute Gasteiger partial charge is 0.461 e. The second-order valence-electron chi connectivity index (χ2n) is 4.38. The van der Waals surface area contributed by atoms with Crippen LogP contribution >= 0.6 is 15.9 Å². The number of rotatable bonds is 5. The number of nitrogens with zero attached hydrogens (tertiary/aromatic N) is 1. The molecule has 0 unspecified atom stereocenters. The first-order valence-corrected chi connectivity index (χ1v) is 6.58. The fraction of sp³-hybridized carbons (Fsp3) is 0.636. The molecule has 0 atom stereocenters. The minimum atomic E-state index is -1.21. The summed E-state index contributed by atoms with van der Waals surface area (Å²) in [6.45, 7) is 2.80. The summed E-state index contributed by atoms with van der Waals surface area (Å²) in [7, 11) is 0. The fourth-order valence-corrected chi connectivity index (χ4v) is 1.30. The Kier molecular flexibility index (Phi) is 5.49. The molecular weight excluding hydrogens is 338 g/mol. The van der Waals surface area contributed by atoms with Crippen molar-refractivity contribution < 1.29 is 33.5 Å². The maximum Gasteiger partial charge on any atom is 0.534 e. The number of halogens is 1. The minimum Gasteiger partial charge on any atom is -0.461 e. The topological polar surface area (TPSA) is 99.2 Å². The number of hydroxylamine groups is 2. The Morgan fingerprint density at radius 2 is 1.65 bits per heavy atom. The van der Waals surface area contributed by atoms with E-state index in [1.54, 1.807) is 13.8 Å². The molecule has 112 valence electrons. The summed E-state index contributed by atoms with van der Waals surface area (Å²) in [6, 6.07) is 0. The zero-order valence-corrected chi connectivity index (χ0v) is 12.6. The normalized spacial score (nSPS) is 15.2. The van der Waals surface area contributed by atoms with Gasteiger partial charge in [-0.25, -0.2) is 4.79 Å². The van der Waals surface area contributed by atoms with Crippen molar-refractivity contribution in [2.75, 3.05) is 13.2 Å². The fourth-order valence-electron chi connectivity index (χ4n) is 1.19. The van der Waals surface area contributed by atoms with Gasteiger partial charge in [0, 0.05) is 12.8 Å². The first-order chi connectivity index (χ1) is 9.21. The third kappa shape index (κ3) is 4.80. The van der Waals surface area contributed by atoms with E-state index in [2.05, 4.69) is 25.5 Å². The van der Waals surface area contributed by atoms with E-state index >= 15 is 0 Å². The van der Waals surface area contributed by atoms with Crippen LogP contribution in [0.1, 0.15) is 26.7 Å². The van der Waals surface area contributed by atoms with Crippen molar-refractivity contribution in [3.05, 3.63) is 0 Å². The van der Waals surface area contributed by atoms with Crippen LogP contribution in [0.5, 0.6) is 0 Å². The van der Waals surface area contributed by atoms with Gasteiger partial charge in [-0.3, -0.25) is 19.2 Å². The highest BCUT2D eigenvalue weighted by atomic mass is 79.9. The molecule has 1 aliphatic heterocycles. The Morgan fingerprint density at radius 3 is 2.15 bits per heavy atom. The van der Waals surface area contributed by atoms with E-state index in [4.69, 9.17) is 4.74 Å². The molecule has 1 saturated heterocycles. The van der Waals surface area contributed by atoms with Gasteiger partial charge in [-0.2, -0.15) is 0 Å². The Hall–Kier alpha value is -1.64. The molecule has 1 rings (SSSR count). The van der Waals surface area contributed by atoms with E-state index in [-0.39, 0.29) is 26.1 Å². The molecule has 1 aliphatic rings. The maximum atomic E-state index is 11.3. The maximum absolute atomic E-state index is 11.3. The highest BCUT2D eigenvalue weighted by Gasteiger charge is 2.33. The van der Waals surface area contributed by atoms with Gasteiger partial charge in [0.25, 0.3) is 11.8 Å². The summed E-state index contributed by atoms with van der Waals surface area (Å²) in [5, 5.41) is 0.371. The van der Waals surface area contributed by atoms with Crippen LogP contribution in [0.3, 0.4) is 0 Å². The first-order valence-electron chi connectivity index (χ1n) is 5.78. The average molecular weight is 352 g/mol. The number of carbonyl (C=O) groups is 4. The zero-order chi connectivity index (χ0) is 15.3. The van der Waals surface area contributed by atoms with Crippen LogP contribution < -0.4 is 0 Å². The lowest BCUT2D eigenvalue weighted by atomic mass is 10.2. The predicted octanol–water partition coefficient (Wildman–Crippen LogP) is 0.920. The molecule has 0 saturated carbocycles. The highest BCUT2D eigenvalue weighted by molar-refractivity contribution is 9.10. The predicted molar refractivity (Wildman–Crippen MR) is 67.5 cm³/mol. The van der Waals surface area contributed by atoms with Gasteiger partial charge in [-0.15, -0.1) is 0 Å². The molecule has 8 nitrogen and oxygen atoms in total.